The first kappa shape index (κ1) is 16.4. The van der Waals surface area contributed by atoms with Crippen LogP contribution in [0.25, 0.3) is 11.4 Å². The molecule has 1 heterocycles. The molecule has 0 saturated carbocycles. The Morgan fingerprint density at radius 3 is 2.45 bits per heavy atom. The Labute approximate surface area is 134 Å². The van der Waals surface area contributed by atoms with E-state index in [0.717, 1.165) is 5.56 Å². The summed E-state index contributed by atoms with van der Waals surface area (Å²) in [6.07, 6.45) is 0. The molecule has 1 aromatic heterocycles. The summed E-state index contributed by atoms with van der Waals surface area (Å²) in [5, 5.41) is 8.58. The van der Waals surface area contributed by atoms with Gasteiger partial charge in [0.1, 0.15) is 0 Å². The van der Waals surface area contributed by atoms with Crippen LogP contribution < -0.4 is 5.84 Å². The van der Waals surface area contributed by atoms with Crippen molar-refractivity contribution in [2.45, 2.75) is 31.3 Å². The van der Waals surface area contributed by atoms with Crippen molar-refractivity contribution in [3.63, 3.8) is 0 Å². The summed E-state index contributed by atoms with van der Waals surface area (Å²) in [5.41, 5.74) is 2.21. The normalized spacial score (nSPS) is 11.5. The molecule has 0 unspecified atom stereocenters. The fourth-order valence-corrected chi connectivity index (χ4v) is 2.56. The van der Waals surface area contributed by atoms with Crippen LogP contribution >= 0.6 is 11.8 Å². The molecule has 0 spiro atoms. The average Bonchev–Trinajstić information content (AvgIpc) is 2.85. The van der Waals surface area contributed by atoms with Crippen molar-refractivity contribution in [2.75, 3.05) is 18.7 Å². The second-order valence-corrected chi connectivity index (χ2v) is 6.81. The van der Waals surface area contributed by atoms with Crippen LogP contribution in [-0.4, -0.2) is 33.7 Å². The predicted molar refractivity (Wildman–Crippen MR) is 87.0 cm³/mol. The molecule has 2 N–H and O–H groups in total. The maximum atomic E-state index is 11.2. The van der Waals surface area contributed by atoms with E-state index in [4.69, 9.17) is 5.84 Å². The Balaban J connectivity index is 2.20. The lowest BCUT2D eigenvalue weighted by atomic mass is 9.87. The number of nitrogen functional groups attached to an aromatic ring is 1. The van der Waals surface area contributed by atoms with E-state index in [-0.39, 0.29) is 17.1 Å². The molecule has 0 aliphatic heterocycles. The summed E-state index contributed by atoms with van der Waals surface area (Å²) >= 11 is 1.19. The number of thioether (sulfide) groups is 1. The minimum Gasteiger partial charge on any atom is -0.468 e. The lowest BCUT2D eigenvalue weighted by Crippen LogP contribution is -2.13. The minimum absolute atomic E-state index is 0.0937. The number of nitrogens with zero attached hydrogens (tertiary/aromatic N) is 3. The Morgan fingerprint density at radius 1 is 1.27 bits per heavy atom. The highest BCUT2D eigenvalue weighted by Gasteiger charge is 2.16. The molecular weight excluding hydrogens is 300 g/mol. The number of ether oxygens (including phenoxy) is 1. The van der Waals surface area contributed by atoms with Gasteiger partial charge in [0.25, 0.3) is 0 Å². The van der Waals surface area contributed by atoms with Crippen molar-refractivity contribution in [1.29, 1.82) is 0 Å². The van der Waals surface area contributed by atoms with E-state index in [1.165, 1.54) is 29.1 Å². The van der Waals surface area contributed by atoms with E-state index < -0.39 is 0 Å². The van der Waals surface area contributed by atoms with Crippen molar-refractivity contribution < 1.29 is 9.53 Å². The second-order valence-electron chi connectivity index (χ2n) is 5.87. The highest BCUT2D eigenvalue weighted by Crippen LogP contribution is 2.26. The van der Waals surface area contributed by atoms with E-state index in [1.54, 1.807) is 0 Å². The summed E-state index contributed by atoms with van der Waals surface area (Å²) in [5.74, 6) is 6.39. The monoisotopic (exact) mass is 320 g/mol. The molecule has 2 rings (SSSR count). The van der Waals surface area contributed by atoms with Crippen molar-refractivity contribution >= 4 is 17.7 Å². The largest absolute Gasteiger partial charge is 0.468 e. The van der Waals surface area contributed by atoms with E-state index in [9.17, 15) is 4.79 Å². The minimum atomic E-state index is -0.330. The predicted octanol–water partition coefficient (Wildman–Crippen LogP) is 2.22. The van der Waals surface area contributed by atoms with E-state index in [1.807, 2.05) is 12.1 Å². The third-order valence-electron chi connectivity index (χ3n) is 3.22. The number of methoxy groups -OCH3 is 1. The smallest absolute Gasteiger partial charge is 0.316 e. The van der Waals surface area contributed by atoms with Crippen LogP contribution in [0.5, 0.6) is 0 Å². The van der Waals surface area contributed by atoms with Crippen LogP contribution in [0.2, 0.25) is 0 Å². The first-order valence-electron chi connectivity index (χ1n) is 6.84. The number of benzene rings is 1. The van der Waals surface area contributed by atoms with Gasteiger partial charge in [0, 0.05) is 5.56 Å². The maximum Gasteiger partial charge on any atom is 0.316 e. The zero-order valence-electron chi connectivity index (χ0n) is 13.2. The zero-order valence-corrected chi connectivity index (χ0v) is 14.0. The van der Waals surface area contributed by atoms with Crippen molar-refractivity contribution in [3.8, 4) is 11.4 Å². The molecule has 0 amide bonds. The lowest BCUT2D eigenvalue weighted by Gasteiger charge is -2.19. The Morgan fingerprint density at radius 2 is 1.91 bits per heavy atom. The first-order valence-corrected chi connectivity index (χ1v) is 7.82. The summed E-state index contributed by atoms with van der Waals surface area (Å²) in [6, 6.07) is 8.07. The number of carbonyl (C=O) groups excluding carboxylic acids is 1. The van der Waals surface area contributed by atoms with Gasteiger partial charge < -0.3 is 10.6 Å². The number of aromatic nitrogens is 3. The van der Waals surface area contributed by atoms with Crippen LogP contribution in [0.15, 0.2) is 29.4 Å². The number of rotatable bonds is 4. The number of hydrogen-bond donors (Lipinski definition) is 1. The fraction of sp³-hybridized carbons (Fsp3) is 0.400. The SMILES string of the molecule is COC(=O)CSc1nnc(-c2ccc(C(C)(C)C)cc2)n1N. The van der Waals surface area contributed by atoms with Gasteiger partial charge in [-0.1, -0.05) is 56.8 Å². The molecule has 118 valence electrons. The molecule has 22 heavy (non-hydrogen) atoms. The molecule has 0 aliphatic rings. The topological polar surface area (TPSA) is 83.0 Å². The lowest BCUT2D eigenvalue weighted by molar-refractivity contribution is -0.137. The molecule has 0 saturated heterocycles. The van der Waals surface area contributed by atoms with Gasteiger partial charge in [-0.15, -0.1) is 10.2 Å². The molecule has 0 aliphatic carbocycles. The highest BCUT2D eigenvalue weighted by molar-refractivity contribution is 7.99. The maximum absolute atomic E-state index is 11.2. The highest BCUT2D eigenvalue weighted by atomic mass is 32.2. The number of carbonyl (C=O) groups is 1. The molecule has 0 atom stereocenters. The quantitative estimate of drug-likeness (QED) is 0.528. The van der Waals surface area contributed by atoms with Gasteiger partial charge >= 0.3 is 5.97 Å². The van der Waals surface area contributed by atoms with Crippen LogP contribution in [0.3, 0.4) is 0 Å². The molecule has 0 radical (unpaired) electrons. The summed E-state index contributed by atoms with van der Waals surface area (Å²) in [4.78, 5) is 11.2. The molecule has 6 nitrogen and oxygen atoms in total. The fourth-order valence-electron chi connectivity index (χ4n) is 1.87. The van der Waals surface area contributed by atoms with Gasteiger partial charge in [-0.05, 0) is 11.0 Å². The van der Waals surface area contributed by atoms with Crippen LogP contribution in [0, 0.1) is 0 Å². The number of nitrogens with two attached hydrogens (primary N) is 1. The molecule has 7 heteroatoms. The van der Waals surface area contributed by atoms with Gasteiger partial charge in [-0.3, -0.25) is 4.79 Å². The van der Waals surface area contributed by atoms with Crippen LogP contribution in [0.4, 0.5) is 0 Å². The third kappa shape index (κ3) is 3.59. The van der Waals surface area contributed by atoms with Crippen molar-refractivity contribution in [2.24, 2.45) is 0 Å². The van der Waals surface area contributed by atoms with Crippen LogP contribution in [0.1, 0.15) is 26.3 Å². The zero-order chi connectivity index (χ0) is 16.3. The molecule has 1 aromatic carbocycles. The van der Waals surface area contributed by atoms with Crippen LogP contribution in [-0.2, 0) is 14.9 Å². The van der Waals surface area contributed by atoms with E-state index in [0.29, 0.717) is 11.0 Å². The van der Waals surface area contributed by atoms with Gasteiger partial charge in [0.15, 0.2) is 5.82 Å². The van der Waals surface area contributed by atoms with Gasteiger partial charge in [0.05, 0.1) is 12.9 Å². The molecule has 2 aromatic rings. The van der Waals surface area contributed by atoms with E-state index in [2.05, 4.69) is 47.8 Å². The van der Waals surface area contributed by atoms with Gasteiger partial charge in [0.2, 0.25) is 5.16 Å². The number of esters is 1. The van der Waals surface area contributed by atoms with Gasteiger partial charge in [-0.25, -0.2) is 4.68 Å². The average molecular weight is 320 g/mol. The second kappa shape index (κ2) is 6.39. The van der Waals surface area contributed by atoms with Gasteiger partial charge in [-0.2, -0.15) is 0 Å². The first-order chi connectivity index (χ1) is 10.3. The van der Waals surface area contributed by atoms with Crippen molar-refractivity contribution in [3.05, 3.63) is 29.8 Å². The Kier molecular flexibility index (Phi) is 4.75. The Hall–Kier alpha value is -2.02. The summed E-state index contributed by atoms with van der Waals surface area (Å²) < 4.78 is 5.98. The number of hydrogen-bond acceptors (Lipinski definition) is 6. The van der Waals surface area contributed by atoms with Crippen molar-refractivity contribution in [1.82, 2.24) is 14.9 Å². The molecular formula is C15H20N4O2S. The van der Waals surface area contributed by atoms with E-state index >= 15 is 0 Å². The summed E-state index contributed by atoms with van der Waals surface area (Å²) in [6.45, 7) is 6.49. The third-order valence-corrected chi connectivity index (χ3v) is 4.14. The molecule has 0 bridgehead atoms. The Bertz CT molecular complexity index is 659. The summed E-state index contributed by atoms with van der Waals surface area (Å²) in [7, 11) is 1.35. The standard InChI is InChI=1S/C15H20N4O2S/c1-15(2,3)11-7-5-10(6-8-11)13-17-18-14(19(13)16)22-9-12(20)21-4/h5-8H,9,16H2,1-4H3. The molecule has 0 fully saturated rings.